The first-order chi connectivity index (χ1) is 8.81. The molecule has 1 saturated carbocycles. The average molecular weight is 262 g/mol. The third-order valence-electron chi connectivity index (χ3n) is 2.74. The van der Waals surface area contributed by atoms with E-state index in [1.165, 1.54) is 0 Å². The van der Waals surface area contributed by atoms with Crippen LogP contribution in [0.15, 0.2) is 24.3 Å². The summed E-state index contributed by atoms with van der Waals surface area (Å²) in [6, 6.07) is 8.37. The number of hydrogen-bond acceptors (Lipinski definition) is 4. The lowest BCUT2D eigenvalue weighted by molar-refractivity contribution is -0.126. The second kappa shape index (κ2) is 5.04. The summed E-state index contributed by atoms with van der Waals surface area (Å²) in [5.41, 5.74) is 0.989. The number of para-hydroxylation sites is 1. The molecule has 1 aromatic carbocycles. The fraction of sp³-hybridized carbons (Fsp3) is 0.385. The first kappa shape index (κ1) is 11.6. The molecular formula is C13H14N2O2S. The highest BCUT2D eigenvalue weighted by Gasteiger charge is 2.22. The first-order valence-electron chi connectivity index (χ1n) is 6.03. The zero-order valence-electron chi connectivity index (χ0n) is 9.89. The molecule has 1 aromatic heterocycles. The topological polar surface area (TPSA) is 51.2 Å². The van der Waals surface area contributed by atoms with Crippen molar-refractivity contribution in [1.29, 1.82) is 0 Å². The normalized spacial score (nSPS) is 14.9. The Morgan fingerprint density at radius 3 is 3.06 bits per heavy atom. The number of thiazole rings is 1. The van der Waals surface area contributed by atoms with Crippen LogP contribution in [0, 0.1) is 0 Å². The van der Waals surface area contributed by atoms with E-state index < -0.39 is 0 Å². The van der Waals surface area contributed by atoms with Crippen LogP contribution in [0.1, 0.15) is 17.8 Å². The van der Waals surface area contributed by atoms with Gasteiger partial charge in [-0.2, -0.15) is 0 Å². The number of amides is 1. The van der Waals surface area contributed by atoms with Crippen molar-refractivity contribution in [3.8, 4) is 0 Å². The Balaban J connectivity index is 1.51. The van der Waals surface area contributed by atoms with Gasteiger partial charge >= 0.3 is 0 Å². The number of carbonyl (C=O) groups is 1. The number of ether oxygens (including phenoxy) is 1. The van der Waals surface area contributed by atoms with Crippen molar-refractivity contribution < 1.29 is 9.53 Å². The quantitative estimate of drug-likeness (QED) is 0.897. The van der Waals surface area contributed by atoms with Gasteiger partial charge in [-0.05, 0) is 25.0 Å². The minimum atomic E-state index is -0.0291. The van der Waals surface area contributed by atoms with Crippen LogP contribution in [0.25, 0.3) is 10.2 Å². The third kappa shape index (κ3) is 2.86. The number of rotatable bonds is 5. The average Bonchev–Trinajstić information content (AvgIpc) is 3.07. The number of carbonyl (C=O) groups excluding carboxylic acids is 1. The Kier molecular flexibility index (Phi) is 3.25. The summed E-state index contributed by atoms with van der Waals surface area (Å²) in [5.74, 6) is -0.0291. The van der Waals surface area contributed by atoms with Gasteiger partial charge in [-0.15, -0.1) is 11.3 Å². The molecule has 1 aliphatic carbocycles. The number of nitrogens with one attached hydrogen (secondary N) is 1. The van der Waals surface area contributed by atoms with E-state index >= 15 is 0 Å². The lowest BCUT2D eigenvalue weighted by Gasteiger charge is -2.02. The summed E-state index contributed by atoms with van der Waals surface area (Å²) in [6.45, 7) is 0.518. The number of fused-ring (bicyclic) bond motifs is 1. The van der Waals surface area contributed by atoms with Crippen molar-refractivity contribution in [1.82, 2.24) is 10.3 Å². The van der Waals surface area contributed by atoms with Crippen LogP contribution >= 0.6 is 11.3 Å². The summed E-state index contributed by atoms with van der Waals surface area (Å²) >= 11 is 1.61. The second-order valence-corrected chi connectivity index (χ2v) is 5.53. The molecule has 18 heavy (non-hydrogen) atoms. The molecule has 0 atom stereocenters. The maximum Gasteiger partial charge on any atom is 0.246 e. The highest BCUT2D eigenvalue weighted by atomic mass is 32.1. The van der Waals surface area contributed by atoms with Crippen LogP contribution in [0.3, 0.4) is 0 Å². The molecule has 2 aromatic rings. The standard InChI is InChI=1S/C13H14N2O2S/c16-12(14-9-5-6-9)7-17-8-13-15-10-3-1-2-4-11(10)18-13/h1-4,9H,5-8H2,(H,14,16). The van der Waals surface area contributed by atoms with E-state index in [2.05, 4.69) is 10.3 Å². The highest BCUT2D eigenvalue weighted by molar-refractivity contribution is 7.18. The molecule has 0 radical (unpaired) electrons. The highest BCUT2D eigenvalue weighted by Crippen LogP contribution is 2.22. The first-order valence-corrected chi connectivity index (χ1v) is 6.84. The van der Waals surface area contributed by atoms with Gasteiger partial charge in [-0.1, -0.05) is 12.1 Å². The minimum Gasteiger partial charge on any atom is -0.364 e. The lowest BCUT2D eigenvalue weighted by Crippen LogP contribution is -2.29. The summed E-state index contributed by atoms with van der Waals surface area (Å²) in [4.78, 5) is 15.8. The Morgan fingerprint density at radius 1 is 1.44 bits per heavy atom. The van der Waals surface area contributed by atoms with Gasteiger partial charge < -0.3 is 10.1 Å². The fourth-order valence-corrected chi connectivity index (χ4v) is 2.61. The van der Waals surface area contributed by atoms with Crippen LogP contribution < -0.4 is 5.32 Å². The van der Waals surface area contributed by atoms with E-state index in [0.717, 1.165) is 28.1 Å². The summed E-state index contributed by atoms with van der Waals surface area (Å²) in [5, 5.41) is 3.80. The van der Waals surface area contributed by atoms with E-state index in [9.17, 15) is 4.79 Å². The predicted molar refractivity (Wildman–Crippen MR) is 70.4 cm³/mol. The summed E-state index contributed by atoms with van der Waals surface area (Å²) in [7, 11) is 0. The van der Waals surface area contributed by atoms with Crippen LogP contribution in [-0.2, 0) is 16.1 Å². The van der Waals surface area contributed by atoms with Gasteiger partial charge in [0, 0.05) is 6.04 Å². The van der Waals surface area contributed by atoms with Gasteiger partial charge in [0.25, 0.3) is 0 Å². The Bertz CT molecular complexity index is 530. The Labute approximate surface area is 109 Å². The van der Waals surface area contributed by atoms with Crippen LogP contribution in [0.4, 0.5) is 0 Å². The van der Waals surface area contributed by atoms with E-state index in [1.807, 2.05) is 24.3 Å². The van der Waals surface area contributed by atoms with Crippen molar-refractivity contribution in [2.24, 2.45) is 0 Å². The molecule has 0 saturated heterocycles. The smallest absolute Gasteiger partial charge is 0.246 e. The van der Waals surface area contributed by atoms with E-state index in [0.29, 0.717) is 12.6 Å². The van der Waals surface area contributed by atoms with Gasteiger partial charge in [0.05, 0.1) is 16.8 Å². The maximum absolute atomic E-state index is 11.4. The third-order valence-corrected chi connectivity index (χ3v) is 3.75. The Hall–Kier alpha value is -1.46. The fourth-order valence-electron chi connectivity index (χ4n) is 1.71. The van der Waals surface area contributed by atoms with E-state index in [-0.39, 0.29) is 12.5 Å². The van der Waals surface area contributed by atoms with E-state index in [4.69, 9.17) is 4.74 Å². The summed E-state index contributed by atoms with van der Waals surface area (Å²) in [6.07, 6.45) is 2.20. The van der Waals surface area contributed by atoms with Gasteiger partial charge in [0.1, 0.15) is 11.6 Å². The molecule has 0 aliphatic heterocycles. The summed E-state index contributed by atoms with van der Waals surface area (Å²) < 4.78 is 6.53. The van der Waals surface area contributed by atoms with Gasteiger partial charge in [0.15, 0.2) is 0 Å². The molecule has 4 nitrogen and oxygen atoms in total. The second-order valence-electron chi connectivity index (χ2n) is 4.41. The monoisotopic (exact) mass is 262 g/mol. The lowest BCUT2D eigenvalue weighted by atomic mass is 10.3. The van der Waals surface area contributed by atoms with Crippen molar-refractivity contribution in [3.63, 3.8) is 0 Å². The van der Waals surface area contributed by atoms with Crippen molar-refractivity contribution in [3.05, 3.63) is 29.3 Å². The molecule has 0 spiro atoms. The number of hydrogen-bond donors (Lipinski definition) is 1. The van der Waals surface area contributed by atoms with Crippen molar-refractivity contribution in [2.75, 3.05) is 6.61 Å². The van der Waals surface area contributed by atoms with E-state index in [1.54, 1.807) is 11.3 Å². The van der Waals surface area contributed by atoms with Gasteiger partial charge in [0.2, 0.25) is 5.91 Å². The van der Waals surface area contributed by atoms with Crippen LogP contribution in [0.2, 0.25) is 0 Å². The molecule has 1 amide bonds. The number of benzene rings is 1. The van der Waals surface area contributed by atoms with Gasteiger partial charge in [-0.3, -0.25) is 4.79 Å². The molecule has 1 N–H and O–H groups in total. The molecule has 0 bridgehead atoms. The molecule has 94 valence electrons. The number of nitrogens with zero attached hydrogens (tertiary/aromatic N) is 1. The largest absolute Gasteiger partial charge is 0.364 e. The predicted octanol–water partition coefficient (Wildman–Crippen LogP) is 2.09. The van der Waals surface area contributed by atoms with Gasteiger partial charge in [-0.25, -0.2) is 4.98 Å². The molecule has 0 unspecified atom stereocenters. The van der Waals surface area contributed by atoms with Crippen molar-refractivity contribution >= 4 is 27.5 Å². The molecule has 1 fully saturated rings. The van der Waals surface area contributed by atoms with Crippen molar-refractivity contribution in [2.45, 2.75) is 25.5 Å². The zero-order valence-corrected chi connectivity index (χ0v) is 10.7. The molecule has 1 aliphatic rings. The van der Waals surface area contributed by atoms with Crippen LogP contribution in [-0.4, -0.2) is 23.5 Å². The molecule has 1 heterocycles. The molecule has 5 heteroatoms. The maximum atomic E-state index is 11.4. The Morgan fingerprint density at radius 2 is 2.28 bits per heavy atom. The number of aromatic nitrogens is 1. The molecular weight excluding hydrogens is 248 g/mol. The SMILES string of the molecule is O=C(COCc1nc2ccccc2s1)NC1CC1. The molecule has 3 rings (SSSR count). The minimum absolute atomic E-state index is 0.0291. The van der Waals surface area contributed by atoms with Crippen LogP contribution in [0.5, 0.6) is 0 Å². The zero-order chi connectivity index (χ0) is 12.4.